The maximum atomic E-state index is 13.0. The van der Waals surface area contributed by atoms with Gasteiger partial charge in [-0.1, -0.05) is 250 Å². The Hall–Kier alpha value is -2.98. The van der Waals surface area contributed by atoms with Gasteiger partial charge in [0.15, 0.2) is 12.2 Å². The molecule has 0 aromatic rings. The number of hydrogen-bond donors (Lipinski definition) is 3. The molecule has 3 N–H and O–H groups in total. The zero-order valence-corrected chi connectivity index (χ0v) is 60.3. The predicted molar refractivity (Wildman–Crippen MR) is 372 cm³/mol. The van der Waals surface area contributed by atoms with E-state index in [0.29, 0.717) is 25.7 Å². The molecular weight excluding hydrogens is 1210 g/mol. The van der Waals surface area contributed by atoms with E-state index in [4.69, 9.17) is 37.0 Å². The van der Waals surface area contributed by atoms with Crippen LogP contribution in [0, 0.1) is 0 Å². The van der Waals surface area contributed by atoms with E-state index in [0.717, 1.165) is 148 Å². The molecular formula is C73H134O17P2. The van der Waals surface area contributed by atoms with E-state index in [1.54, 1.807) is 0 Å². The molecule has 0 aliphatic carbocycles. The fourth-order valence-corrected chi connectivity index (χ4v) is 11.6. The Morgan fingerprint density at radius 3 is 0.848 bits per heavy atom. The molecule has 0 aromatic carbocycles. The molecule has 5 atom stereocenters. The summed E-state index contributed by atoms with van der Waals surface area (Å²) in [6.45, 7) is 4.81. The average molecular weight is 1350 g/mol. The van der Waals surface area contributed by atoms with Gasteiger partial charge in [-0.3, -0.25) is 37.3 Å². The lowest BCUT2D eigenvalue weighted by molar-refractivity contribution is -0.161. The van der Waals surface area contributed by atoms with Crippen molar-refractivity contribution in [1.82, 2.24) is 0 Å². The molecule has 0 rings (SSSR count). The van der Waals surface area contributed by atoms with Gasteiger partial charge in [0, 0.05) is 25.7 Å². The summed E-state index contributed by atoms with van der Waals surface area (Å²) in [5.41, 5.74) is 0. The number of rotatable bonds is 70. The van der Waals surface area contributed by atoms with Gasteiger partial charge in [0.25, 0.3) is 0 Å². The summed E-state index contributed by atoms with van der Waals surface area (Å²) in [6.07, 6.45) is 61.1. The molecule has 17 nitrogen and oxygen atoms in total. The number of hydrogen-bond acceptors (Lipinski definition) is 15. The number of ether oxygens (including phenoxy) is 4. The number of aliphatic hydroxyl groups is 1. The fourth-order valence-electron chi connectivity index (χ4n) is 10.1. The highest BCUT2D eigenvalue weighted by Gasteiger charge is 2.30. The van der Waals surface area contributed by atoms with Crippen LogP contribution in [0.25, 0.3) is 0 Å². The fraction of sp³-hybridized carbons (Fsp3) is 0.836. The van der Waals surface area contributed by atoms with E-state index >= 15 is 0 Å². The number of allylic oxidation sites excluding steroid dienone is 8. The summed E-state index contributed by atoms with van der Waals surface area (Å²) in [5, 5.41) is 10.6. The third kappa shape index (κ3) is 65.7. The first-order chi connectivity index (χ1) is 44.7. The van der Waals surface area contributed by atoms with Gasteiger partial charge in [0.1, 0.15) is 19.3 Å². The van der Waals surface area contributed by atoms with Crippen molar-refractivity contribution in [3.63, 3.8) is 0 Å². The van der Waals surface area contributed by atoms with Crippen molar-refractivity contribution in [2.45, 2.75) is 354 Å². The minimum atomic E-state index is -4.97. The first-order valence-corrected chi connectivity index (χ1v) is 39.9. The van der Waals surface area contributed by atoms with E-state index < -0.39 is 97.5 Å². The van der Waals surface area contributed by atoms with Crippen LogP contribution >= 0.6 is 15.6 Å². The largest absolute Gasteiger partial charge is 0.472 e. The molecule has 92 heavy (non-hydrogen) atoms. The topological polar surface area (TPSA) is 237 Å². The molecule has 538 valence electrons. The van der Waals surface area contributed by atoms with Crippen molar-refractivity contribution < 1.29 is 80.2 Å². The lowest BCUT2D eigenvalue weighted by atomic mass is 10.1. The Kier molecular flexibility index (Phi) is 64.5. The highest BCUT2D eigenvalue weighted by atomic mass is 31.2. The molecule has 0 aliphatic heterocycles. The maximum absolute atomic E-state index is 13.0. The smallest absolute Gasteiger partial charge is 0.462 e. The molecule has 0 heterocycles. The lowest BCUT2D eigenvalue weighted by Gasteiger charge is -2.21. The predicted octanol–water partition coefficient (Wildman–Crippen LogP) is 20.6. The number of carbonyl (C=O) groups is 4. The first-order valence-electron chi connectivity index (χ1n) is 36.9. The van der Waals surface area contributed by atoms with Crippen LogP contribution in [0.5, 0.6) is 0 Å². The summed E-state index contributed by atoms with van der Waals surface area (Å²) in [5.74, 6) is -2.18. The third-order valence-corrected chi connectivity index (χ3v) is 17.7. The first kappa shape index (κ1) is 89.0. The van der Waals surface area contributed by atoms with Crippen molar-refractivity contribution in [3.05, 3.63) is 48.6 Å². The summed E-state index contributed by atoms with van der Waals surface area (Å²) in [6, 6.07) is 0. The molecule has 0 amide bonds. The summed E-state index contributed by atoms with van der Waals surface area (Å²) in [4.78, 5) is 72.6. The normalized spacial score (nSPS) is 14.3. The molecule has 0 saturated carbocycles. The van der Waals surface area contributed by atoms with Crippen LogP contribution in [0.4, 0.5) is 0 Å². The highest BCUT2D eigenvalue weighted by molar-refractivity contribution is 7.47. The number of phosphoric acid groups is 2. The SMILES string of the molecule is CCCCC/C=C\C/C=C\CCCCCCCC(=O)OCC(COP(=O)(O)OCC(O)COP(=O)(O)OCC(COC(=O)CCCCCCC/C=C\CCCCCC)OC(=O)CCCCCCCCCCCCC)OC(=O)CCCCCCC/C=C\CCCCCC. The minimum absolute atomic E-state index is 0.0863. The molecule has 0 saturated heterocycles. The van der Waals surface area contributed by atoms with Crippen molar-refractivity contribution in [3.8, 4) is 0 Å². The van der Waals surface area contributed by atoms with E-state index in [-0.39, 0.29) is 25.7 Å². The Morgan fingerprint density at radius 1 is 0.304 bits per heavy atom. The molecule has 0 bridgehead atoms. The van der Waals surface area contributed by atoms with Gasteiger partial charge in [-0.05, 0) is 109 Å². The summed E-state index contributed by atoms with van der Waals surface area (Å²) >= 11 is 0. The summed E-state index contributed by atoms with van der Waals surface area (Å²) < 4.78 is 68.3. The van der Waals surface area contributed by atoms with Gasteiger partial charge in [-0.15, -0.1) is 0 Å². The summed E-state index contributed by atoms with van der Waals surface area (Å²) in [7, 11) is -9.93. The van der Waals surface area contributed by atoms with Crippen LogP contribution in [-0.2, 0) is 65.4 Å². The molecule has 19 heteroatoms. The van der Waals surface area contributed by atoms with Crippen molar-refractivity contribution in [2.24, 2.45) is 0 Å². The second kappa shape index (κ2) is 66.6. The third-order valence-electron chi connectivity index (χ3n) is 15.8. The second-order valence-electron chi connectivity index (χ2n) is 24.9. The van der Waals surface area contributed by atoms with Crippen molar-refractivity contribution >= 4 is 39.5 Å². The number of esters is 4. The van der Waals surface area contributed by atoms with Gasteiger partial charge in [0.05, 0.1) is 26.4 Å². The van der Waals surface area contributed by atoms with Gasteiger partial charge in [0.2, 0.25) is 0 Å². The second-order valence-corrected chi connectivity index (χ2v) is 27.8. The van der Waals surface area contributed by atoms with Crippen LogP contribution in [0.15, 0.2) is 48.6 Å². The van der Waals surface area contributed by atoms with Gasteiger partial charge in [-0.25, -0.2) is 9.13 Å². The monoisotopic (exact) mass is 1340 g/mol. The molecule has 0 radical (unpaired) electrons. The molecule has 5 unspecified atom stereocenters. The Labute approximate surface area is 559 Å². The standard InChI is InChI=1S/C73H134O17P2/c1-5-9-13-17-21-25-29-32-33-36-39-42-46-50-54-58-71(76)84-64-69(90-73(78)60-56-52-48-44-40-35-31-27-23-19-15-11-7-3)66-88-92(81,82)86-62-67(74)61-85-91(79,80)87-65-68(89-72(77)59-55-51-47-43-37-28-24-20-16-12-8-4)63-83-70(75)57-53-49-45-41-38-34-30-26-22-18-14-10-6-2/h21,25-27,30-33,67-69,74H,5-20,22-24,28-29,34-66H2,1-4H3,(H,79,80)(H,81,82)/b25-21-,30-26-,31-27-,33-32-. The number of unbranched alkanes of at least 4 members (excludes halogenated alkanes) is 36. The molecule has 0 aliphatic rings. The highest BCUT2D eigenvalue weighted by Crippen LogP contribution is 2.45. The Morgan fingerprint density at radius 2 is 0.533 bits per heavy atom. The van der Waals surface area contributed by atoms with E-state index in [9.17, 15) is 43.2 Å². The van der Waals surface area contributed by atoms with Crippen molar-refractivity contribution in [2.75, 3.05) is 39.6 Å². The van der Waals surface area contributed by atoms with Crippen LogP contribution in [0.1, 0.15) is 336 Å². The van der Waals surface area contributed by atoms with Crippen LogP contribution in [0.3, 0.4) is 0 Å². The average Bonchev–Trinajstić information content (AvgIpc) is 2.73. The van der Waals surface area contributed by atoms with E-state index in [1.165, 1.54) is 109 Å². The van der Waals surface area contributed by atoms with Gasteiger partial charge in [-0.2, -0.15) is 0 Å². The quantitative estimate of drug-likeness (QED) is 0.0169. The Balaban J connectivity index is 5.31. The number of carbonyl (C=O) groups excluding carboxylic acids is 4. The molecule has 0 aromatic heterocycles. The van der Waals surface area contributed by atoms with E-state index in [1.807, 2.05) is 0 Å². The molecule has 0 fully saturated rings. The van der Waals surface area contributed by atoms with Gasteiger partial charge >= 0.3 is 39.5 Å². The van der Waals surface area contributed by atoms with Crippen molar-refractivity contribution in [1.29, 1.82) is 0 Å². The van der Waals surface area contributed by atoms with Crippen LogP contribution < -0.4 is 0 Å². The van der Waals surface area contributed by atoms with E-state index in [2.05, 4.69) is 76.3 Å². The Bertz CT molecular complexity index is 1940. The van der Waals surface area contributed by atoms with Crippen LogP contribution in [0.2, 0.25) is 0 Å². The zero-order valence-electron chi connectivity index (χ0n) is 58.5. The minimum Gasteiger partial charge on any atom is -0.462 e. The maximum Gasteiger partial charge on any atom is 0.472 e. The van der Waals surface area contributed by atoms with Gasteiger partial charge < -0.3 is 33.8 Å². The lowest BCUT2D eigenvalue weighted by Crippen LogP contribution is -2.30. The zero-order chi connectivity index (χ0) is 67.5. The molecule has 0 spiro atoms. The number of aliphatic hydroxyl groups excluding tert-OH is 1. The van der Waals surface area contributed by atoms with Crippen LogP contribution in [-0.4, -0.2) is 96.7 Å². The number of phosphoric ester groups is 2.